The molecule has 0 spiro atoms. The molecule has 1 aromatic heterocycles. The second kappa shape index (κ2) is 3.84. The Morgan fingerprint density at radius 3 is 2.86 bits per heavy atom. The van der Waals surface area contributed by atoms with Crippen molar-refractivity contribution in [2.45, 2.75) is 11.8 Å². The van der Waals surface area contributed by atoms with E-state index in [0.29, 0.717) is 5.69 Å². The minimum Gasteiger partial charge on any atom is -0.397 e. The molecule has 0 bridgehead atoms. The Hall–Kier alpha value is -1.28. The molecule has 0 fully saturated rings. The molecular weight excluding hydrogens is 196 g/mol. The third-order valence-corrected chi connectivity index (χ3v) is 2.45. The van der Waals surface area contributed by atoms with Crippen molar-refractivity contribution in [3.8, 4) is 0 Å². The number of allylic oxidation sites excluding steroid dienone is 4. The average Bonchev–Trinajstić information content (AvgIpc) is 2.21. The van der Waals surface area contributed by atoms with Gasteiger partial charge in [0.25, 0.3) is 0 Å². The number of alkyl halides is 1. The van der Waals surface area contributed by atoms with Crippen LogP contribution in [0.3, 0.4) is 0 Å². The van der Waals surface area contributed by atoms with Gasteiger partial charge in [0.05, 0.1) is 23.0 Å². The van der Waals surface area contributed by atoms with E-state index in [4.69, 9.17) is 17.3 Å². The number of halogens is 1. The van der Waals surface area contributed by atoms with Gasteiger partial charge in [-0.1, -0.05) is 18.2 Å². The third-order valence-electron chi connectivity index (χ3n) is 2.13. The lowest BCUT2D eigenvalue weighted by Gasteiger charge is -2.09. The maximum atomic E-state index is 5.92. The number of rotatable bonds is 1. The molecule has 14 heavy (non-hydrogen) atoms. The van der Waals surface area contributed by atoms with Crippen molar-refractivity contribution in [2.75, 3.05) is 5.73 Å². The maximum absolute atomic E-state index is 5.92. The first-order valence-corrected chi connectivity index (χ1v) is 4.94. The van der Waals surface area contributed by atoms with E-state index in [1.165, 1.54) is 0 Å². The SMILES string of the molecule is Nc1ccc(C2=CCC(Cl)C=C2)nc1. The van der Waals surface area contributed by atoms with Crippen molar-refractivity contribution in [2.24, 2.45) is 0 Å². The molecule has 2 N–H and O–H groups in total. The number of hydrogen-bond donors (Lipinski definition) is 1. The lowest BCUT2D eigenvalue weighted by Crippen LogP contribution is -1.98. The average molecular weight is 207 g/mol. The second-order valence-electron chi connectivity index (χ2n) is 3.25. The summed E-state index contributed by atoms with van der Waals surface area (Å²) >= 11 is 5.92. The fourth-order valence-corrected chi connectivity index (χ4v) is 1.52. The van der Waals surface area contributed by atoms with Gasteiger partial charge in [0.15, 0.2) is 0 Å². The predicted molar refractivity (Wildman–Crippen MR) is 60.0 cm³/mol. The Kier molecular flexibility index (Phi) is 2.55. The van der Waals surface area contributed by atoms with Crippen molar-refractivity contribution in [3.63, 3.8) is 0 Å². The van der Waals surface area contributed by atoms with Crippen LogP contribution in [0.4, 0.5) is 5.69 Å². The molecule has 3 heteroatoms. The van der Waals surface area contributed by atoms with Gasteiger partial charge in [-0.05, 0) is 24.1 Å². The molecule has 1 atom stereocenters. The van der Waals surface area contributed by atoms with Gasteiger partial charge in [0.2, 0.25) is 0 Å². The first kappa shape index (κ1) is 9.28. The highest BCUT2D eigenvalue weighted by atomic mass is 35.5. The lowest BCUT2D eigenvalue weighted by atomic mass is 10.0. The summed E-state index contributed by atoms with van der Waals surface area (Å²) in [5, 5.41) is 0.118. The summed E-state index contributed by atoms with van der Waals surface area (Å²) in [6.07, 6.45) is 8.60. The highest BCUT2D eigenvalue weighted by Crippen LogP contribution is 2.22. The van der Waals surface area contributed by atoms with Gasteiger partial charge >= 0.3 is 0 Å². The molecular formula is C11H11ClN2. The van der Waals surface area contributed by atoms with Crippen LogP contribution in [0.5, 0.6) is 0 Å². The van der Waals surface area contributed by atoms with Crippen molar-refractivity contribution in [1.82, 2.24) is 4.98 Å². The summed E-state index contributed by atoms with van der Waals surface area (Å²) in [7, 11) is 0. The van der Waals surface area contributed by atoms with E-state index in [2.05, 4.69) is 11.1 Å². The standard InChI is InChI=1S/C11H11ClN2/c12-9-3-1-8(2-4-9)11-6-5-10(13)7-14-11/h1-3,5-7,9H,4,13H2. The Morgan fingerprint density at radius 2 is 2.29 bits per heavy atom. The van der Waals surface area contributed by atoms with Gasteiger partial charge < -0.3 is 5.73 Å². The van der Waals surface area contributed by atoms with E-state index < -0.39 is 0 Å². The predicted octanol–water partition coefficient (Wildman–Crippen LogP) is 2.61. The number of nitrogens with zero attached hydrogens (tertiary/aromatic N) is 1. The summed E-state index contributed by atoms with van der Waals surface area (Å²) in [6.45, 7) is 0. The van der Waals surface area contributed by atoms with Crippen LogP contribution in [0.25, 0.3) is 5.57 Å². The normalized spacial score (nSPS) is 20.6. The molecule has 0 aliphatic heterocycles. The summed E-state index contributed by atoms with van der Waals surface area (Å²) in [5.74, 6) is 0. The number of nitrogen functional groups attached to an aromatic ring is 1. The fraction of sp³-hybridized carbons (Fsp3) is 0.182. The third kappa shape index (κ3) is 1.96. The van der Waals surface area contributed by atoms with E-state index in [1.807, 2.05) is 24.3 Å². The molecule has 2 rings (SSSR count). The Labute approximate surface area is 88.1 Å². The van der Waals surface area contributed by atoms with Crippen LogP contribution in [-0.4, -0.2) is 10.4 Å². The molecule has 0 aromatic carbocycles. The van der Waals surface area contributed by atoms with Gasteiger partial charge in [0.1, 0.15) is 0 Å². The van der Waals surface area contributed by atoms with Crippen molar-refractivity contribution in [3.05, 3.63) is 42.3 Å². The number of anilines is 1. The molecule has 2 nitrogen and oxygen atoms in total. The van der Waals surface area contributed by atoms with Gasteiger partial charge in [-0.25, -0.2) is 0 Å². The first-order chi connectivity index (χ1) is 6.75. The second-order valence-corrected chi connectivity index (χ2v) is 3.81. The van der Waals surface area contributed by atoms with Crippen LogP contribution in [-0.2, 0) is 0 Å². The molecule has 1 aromatic rings. The molecule has 1 heterocycles. The number of nitrogens with two attached hydrogens (primary N) is 1. The number of hydrogen-bond acceptors (Lipinski definition) is 2. The molecule has 1 aliphatic rings. The molecule has 0 radical (unpaired) electrons. The van der Waals surface area contributed by atoms with Crippen LogP contribution in [0.1, 0.15) is 12.1 Å². The van der Waals surface area contributed by atoms with Crippen molar-refractivity contribution in [1.29, 1.82) is 0 Å². The molecule has 0 saturated carbocycles. The zero-order valence-corrected chi connectivity index (χ0v) is 8.41. The Balaban J connectivity index is 2.24. The number of aromatic nitrogens is 1. The van der Waals surface area contributed by atoms with E-state index >= 15 is 0 Å². The summed E-state index contributed by atoms with van der Waals surface area (Å²) < 4.78 is 0. The molecule has 0 amide bonds. The summed E-state index contributed by atoms with van der Waals surface area (Å²) in [5.41, 5.74) is 8.30. The Morgan fingerprint density at radius 1 is 1.43 bits per heavy atom. The van der Waals surface area contributed by atoms with E-state index in [9.17, 15) is 0 Å². The van der Waals surface area contributed by atoms with Gasteiger partial charge in [0, 0.05) is 0 Å². The monoisotopic (exact) mass is 206 g/mol. The van der Waals surface area contributed by atoms with E-state index in [0.717, 1.165) is 17.7 Å². The van der Waals surface area contributed by atoms with Crippen LogP contribution < -0.4 is 5.73 Å². The Bertz CT molecular complexity index is 379. The highest BCUT2D eigenvalue weighted by molar-refractivity contribution is 6.22. The lowest BCUT2D eigenvalue weighted by molar-refractivity contribution is 1.04. The smallest absolute Gasteiger partial charge is 0.0700 e. The topological polar surface area (TPSA) is 38.9 Å². The quantitative estimate of drug-likeness (QED) is 0.718. The van der Waals surface area contributed by atoms with Crippen LogP contribution >= 0.6 is 11.6 Å². The van der Waals surface area contributed by atoms with Crippen molar-refractivity contribution < 1.29 is 0 Å². The number of pyridine rings is 1. The van der Waals surface area contributed by atoms with E-state index in [1.54, 1.807) is 6.20 Å². The van der Waals surface area contributed by atoms with Gasteiger partial charge in [-0.2, -0.15) is 0 Å². The largest absolute Gasteiger partial charge is 0.397 e. The maximum Gasteiger partial charge on any atom is 0.0700 e. The molecule has 1 aliphatic carbocycles. The highest BCUT2D eigenvalue weighted by Gasteiger charge is 2.07. The van der Waals surface area contributed by atoms with Gasteiger partial charge in [-0.3, -0.25) is 4.98 Å². The zero-order chi connectivity index (χ0) is 9.97. The van der Waals surface area contributed by atoms with Crippen LogP contribution in [0.15, 0.2) is 36.6 Å². The van der Waals surface area contributed by atoms with Crippen molar-refractivity contribution >= 4 is 22.9 Å². The first-order valence-electron chi connectivity index (χ1n) is 4.50. The summed E-state index contributed by atoms with van der Waals surface area (Å²) in [4.78, 5) is 4.24. The fourth-order valence-electron chi connectivity index (χ4n) is 1.36. The van der Waals surface area contributed by atoms with E-state index in [-0.39, 0.29) is 5.38 Å². The minimum atomic E-state index is 0.118. The molecule has 72 valence electrons. The zero-order valence-electron chi connectivity index (χ0n) is 7.65. The van der Waals surface area contributed by atoms with Gasteiger partial charge in [-0.15, -0.1) is 11.6 Å². The van der Waals surface area contributed by atoms with Crippen LogP contribution in [0, 0.1) is 0 Å². The molecule has 1 unspecified atom stereocenters. The minimum absolute atomic E-state index is 0.118. The van der Waals surface area contributed by atoms with Crippen LogP contribution in [0.2, 0.25) is 0 Å². The molecule has 0 saturated heterocycles. The summed E-state index contributed by atoms with van der Waals surface area (Å²) in [6, 6.07) is 3.77.